The maximum Gasteiger partial charge on any atom is 0.117 e. The molecule has 72 valence electrons. The fraction of sp³-hybridized carbons (Fsp3) is 0.600. The molecule has 1 aromatic rings. The van der Waals surface area contributed by atoms with Crippen molar-refractivity contribution >= 4 is 11.8 Å². The van der Waals surface area contributed by atoms with Crippen LogP contribution in [0.15, 0.2) is 22.8 Å². The van der Waals surface area contributed by atoms with E-state index in [9.17, 15) is 0 Å². The standard InChI is InChI=1S/C10H15NOS/c1-8-5-9(7-13-8)11-6-10-3-2-4-12-10/h2-4,8-9,11H,5-7H2,1H3. The normalized spacial score (nSPS) is 28.1. The van der Waals surface area contributed by atoms with Crippen molar-refractivity contribution in [3.63, 3.8) is 0 Å². The summed E-state index contributed by atoms with van der Waals surface area (Å²) in [7, 11) is 0. The van der Waals surface area contributed by atoms with E-state index in [0.717, 1.165) is 17.6 Å². The highest BCUT2D eigenvalue weighted by atomic mass is 32.2. The lowest BCUT2D eigenvalue weighted by Gasteiger charge is -2.09. The van der Waals surface area contributed by atoms with Gasteiger partial charge in [-0.1, -0.05) is 6.92 Å². The van der Waals surface area contributed by atoms with Gasteiger partial charge in [-0.05, 0) is 18.6 Å². The Morgan fingerprint density at radius 3 is 3.23 bits per heavy atom. The van der Waals surface area contributed by atoms with Crippen LogP contribution >= 0.6 is 11.8 Å². The topological polar surface area (TPSA) is 25.2 Å². The summed E-state index contributed by atoms with van der Waals surface area (Å²) in [5, 5.41) is 4.31. The van der Waals surface area contributed by atoms with Crippen molar-refractivity contribution in [2.24, 2.45) is 0 Å². The second-order valence-corrected chi connectivity index (χ2v) is 5.01. The van der Waals surface area contributed by atoms with Crippen molar-refractivity contribution in [2.75, 3.05) is 5.75 Å². The van der Waals surface area contributed by atoms with Gasteiger partial charge in [0.2, 0.25) is 0 Å². The highest BCUT2D eigenvalue weighted by molar-refractivity contribution is 8.00. The summed E-state index contributed by atoms with van der Waals surface area (Å²) < 4.78 is 5.25. The van der Waals surface area contributed by atoms with E-state index in [-0.39, 0.29) is 0 Å². The molecule has 2 nitrogen and oxygen atoms in total. The van der Waals surface area contributed by atoms with Gasteiger partial charge >= 0.3 is 0 Å². The molecule has 1 aliphatic heterocycles. The van der Waals surface area contributed by atoms with E-state index in [2.05, 4.69) is 12.2 Å². The molecule has 1 aliphatic rings. The third-order valence-electron chi connectivity index (χ3n) is 2.34. The molecule has 3 heteroatoms. The van der Waals surface area contributed by atoms with Crippen molar-refractivity contribution in [3.05, 3.63) is 24.2 Å². The Morgan fingerprint density at radius 2 is 2.62 bits per heavy atom. The van der Waals surface area contributed by atoms with Crippen LogP contribution in [0.5, 0.6) is 0 Å². The molecule has 0 saturated carbocycles. The maximum atomic E-state index is 5.25. The second kappa shape index (κ2) is 4.20. The van der Waals surface area contributed by atoms with Crippen molar-refractivity contribution in [1.82, 2.24) is 5.32 Å². The van der Waals surface area contributed by atoms with Gasteiger partial charge in [-0.2, -0.15) is 11.8 Å². The zero-order valence-electron chi connectivity index (χ0n) is 7.82. The lowest BCUT2D eigenvalue weighted by atomic mass is 10.2. The minimum absolute atomic E-state index is 0.671. The monoisotopic (exact) mass is 197 g/mol. The summed E-state index contributed by atoms with van der Waals surface area (Å²) in [6.07, 6.45) is 3.01. The Morgan fingerprint density at radius 1 is 1.69 bits per heavy atom. The van der Waals surface area contributed by atoms with Gasteiger partial charge in [0.15, 0.2) is 0 Å². The summed E-state index contributed by atoms with van der Waals surface area (Å²) in [6.45, 7) is 3.16. The van der Waals surface area contributed by atoms with Gasteiger partial charge in [0.25, 0.3) is 0 Å². The van der Waals surface area contributed by atoms with Crippen LogP contribution in [-0.4, -0.2) is 17.0 Å². The van der Waals surface area contributed by atoms with E-state index in [1.54, 1.807) is 6.26 Å². The molecular weight excluding hydrogens is 182 g/mol. The van der Waals surface area contributed by atoms with Crippen LogP contribution in [0.25, 0.3) is 0 Å². The van der Waals surface area contributed by atoms with E-state index in [4.69, 9.17) is 4.42 Å². The predicted octanol–water partition coefficient (Wildman–Crippen LogP) is 2.26. The van der Waals surface area contributed by atoms with Crippen LogP contribution in [0.4, 0.5) is 0 Å². The fourth-order valence-electron chi connectivity index (χ4n) is 1.62. The van der Waals surface area contributed by atoms with Crippen molar-refractivity contribution in [2.45, 2.75) is 31.2 Å². The molecule has 13 heavy (non-hydrogen) atoms. The minimum Gasteiger partial charge on any atom is -0.468 e. The van der Waals surface area contributed by atoms with Gasteiger partial charge in [-0.15, -0.1) is 0 Å². The van der Waals surface area contributed by atoms with Gasteiger partial charge in [-0.25, -0.2) is 0 Å². The van der Waals surface area contributed by atoms with E-state index in [1.165, 1.54) is 12.2 Å². The predicted molar refractivity (Wildman–Crippen MR) is 55.9 cm³/mol. The van der Waals surface area contributed by atoms with Gasteiger partial charge < -0.3 is 9.73 Å². The molecule has 0 radical (unpaired) electrons. The molecule has 2 atom stereocenters. The van der Waals surface area contributed by atoms with E-state index in [1.807, 2.05) is 23.9 Å². The molecule has 0 aliphatic carbocycles. The van der Waals surface area contributed by atoms with Crippen LogP contribution in [0.3, 0.4) is 0 Å². The number of rotatable bonds is 3. The van der Waals surface area contributed by atoms with Crippen LogP contribution in [0.1, 0.15) is 19.1 Å². The molecule has 2 heterocycles. The summed E-state index contributed by atoms with van der Waals surface area (Å²) in [5.41, 5.74) is 0. The first-order valence-electron chi connectivity index (χ1n) is 4.72. The van der Waals surface area contributed by atoms with E-state index in [0.29, 0.717) is 6.04 Å². The molecule has 1 N–H and O–H groups in total. The Hall–Kier alpha value is -0.410. The number of furan rings is 1. The first-order chi connectivity index (χ1) is 6.34. The molecule has 1 saturated heterocycles. The van der Waals surface area contributed by atoms with Gasteiger partial charge in [0.05, 0.1) is 12.8 Å². The highest BCUT2D eigenvalue weighted by Crippen LogP contribution is 2.25. The molecule has 2 rings (SSSR count). The molecule has 2 unspecified atom stereocenters. The van der Waals surface area contributed by atoms with Gasteiger partial charge in [-0.3, -0.25) is 0 Å². The molecule has 1 aromatic heterocycles. The Balaban J connectivity index is 1.74. The summed E-state index contributed by atoms with van der Waals surface area (Å²) in [5.74, 6) is 2.27. The Bertz CT molecular complexity index is 247. The van der Waals surface area contributed by atoms with Crippen molar-refractivity contribution < 1.29 is 4.42 Å². The van der Waals surface area contributed by atoms with Crippen LogP contribution in [0.2, 0.25) is 0 Å². The van der Waals surface area contributed by atoms with Gasteiger partial charge in [0.1, 0.15) is 5.76 Å². The summed E-state index contributed by atoms with van der Waals surface area (Å²) >= 11 is 2.05. The number of nitrogens with one attached hydrogen (secondary N) is 1. The largest absolute Gasteiger partial charge is 0.468 e. The molecule has 0 bridgehead atoms. The fourth-order valence-corrected chi connectivity index (χ4v) is 2.80. The highest BCUT2D eigenvalue weighted by Gasteiger charge is 2.21. The Labute approximate surface area is 83.1 Å². The zero-order valence-corrected chi connectivity index (χ0v) is 8.64. The first kappa shape index (κ1) is 9.16. The third-order valence-corrected chi connectivity index (χ3v) is 3.70. The average molecular weight is 197 g/mol. The molecule has 1 fully saturated rings. The lowest BCUT2D eigenvalue weighted by Crippen LogP contribution is -2.28. The summed E-state index contributed by atoms with van der Waals surface area (Å²) in [4.78, 5) is 0. The third kappa shape index (κ3) is 2.51. The smallest absolute Gasteiger partial charge is 0.117 e. The van der Waals surface area contributed by atoms with Crippen LogP contribution < -0.4 is 5.32 Å². The average Bonchev–Trinajstić information content (AvgIpc) is 2.71. The van der Waals surface area contributed by atoms with Crippen LogP contribution in [0, 0.1) is 0 Å². The quantitative estimate of drug-likeness (QED) is 0.804. The number of hydrogen-bond donors (Lipinski definition) is 1. The second-order valence-electron chi connectivity index (χ2n) is 3.54. The molecule has 0 spiro atoms. The SMILES string of the molecule is CC1CC(NCc2ccco2)CS1. The number of thioether (sulfide) groups is 1. The van der Waals surface area contributed by atoms with Gasteiger partial charge in [0, 0.05) is 17.0 Å². The summed E-state index contributed by atoms with van der Waals surface area (Å²) in [6, 6.07) is 4.62. The van der Waals surface area contributed by atoms with E-state index < -0.39 is 0 Å². The maximum absolute atomic E-state index is 5.25. The van der Waals surface area contributed by atoms with Crippen molar-refractivity contribution in [3.8, 4) is 0 Å². The Kier molecular flexibility index (Phi) is 2.96. The van der Waals surface area contributed by atoms with Crippen molar-refractivity contribution in [1.29, 1.82) is 0 Å². The van der Waals surface area contributed by atoms with E-state index >= 15 is 0 Å². The van der Waals surface area contributed by atoms with Crippen LogP contribution in [-0.2, 0) is 6.54 Å². The molecule has 0 amide bonds. The number of hydrogen-bond acceptors (Lipinski definition) is 3. The minimum atomic E-state index is 0.671. The zero-order chi connectivity index (χ0) is 9.10. The first-order valence-corrected chi connectivity index (χ1v) is 5.77. The molecule has 0 aromatic carbocycles. The lowest BCUT2D eigenvalue weighted by molar-refractivity contribution is 0.452. The molecular formula is C10H15NOS.